The zero-order chi connectivity index (χ0) is 18.0. The normalized spacial score (nSPS) is 17.2. The summed E-state index contributed by atoms with van der Waals surface area (Å²) in [6.07, 6.45) is -9.75. The minimum atomic E-state index is -2.27. The van der Waals surface area contributed by atoms with E-state index >= 15 is 0 Å². The molecule has 22 heavy (non-hydrogen) atoms. The van der Waals surface area contributed by atoms with Crippen LogP contribution in [-0.4, -0.2) is 107 Å². The predicted molar refractivity (Wildman–Crippen MR) is 64.5 cm³/mol. The Morgan fingerprint density at radius 2 is 1.09 bits per heavy atom. The van der Waals surface area contributed by atoms with Gasteiger partial charge in [0.05, 0.1) is 6.61 Å². The predicted octanol–water partition coefficient (Wildman–Crippen LogP) is -5.50. The van der Waals surface area contributed by atoms with Crippen LogP contribution >= 0.6 is 0 Å². The lowest BCUT2D eigenvalue weighted by atomic mass is 10.1. The Kier molecular flexibility index (Phi) is 11.3. The summed E-state index contributed by atoms with van der Waals surface area (Å²) in [7, 11) is 0. The summed E-state index contributed by atoms with van der Waals surface area (Å²) in [5.41, 5.74) is 0. The Morgan fingerprint density at radius 3 is 1.32 bits per heavy atom. The van der Waals surface area contributed by atoms with E-state index in [2.05, 4.69) is 0 Å². The molecule has 0 heterocycles. The number of aliphatic carboxylic acids is 2. The first-order chi connectivity index (χ1) is 10.0. The van der Waals surface area contributed by atoms with Gasteiger partial charge in [-0.2, -0.15) is 0 Å². The van der Waals surface area contributed by atoms with E-state index in [0.717, 1.165) is 0 Å². The largest absolute Gasteiger partial charge is 0.479 e. The van der Waals surface area contributed by atoms with E-state index in [-0.39, 0.29) is 0 Å². The molecule has 0 fully saturated rings. The highest BCUT2D eigenvalue weighted by Crippen LogP contribution is 2.00. The highest BCUT2D eigenvalue weighted by Gasteiger charge is 2.29. The first-order valence-corrected chi connectivity index (χ1v) is 5.61. The third-order valence-electron chi connectivity index (χ3n) is 2.20. The van der Waals surface area contributed by atoms with Gasteiger partial charge >= 0.3 is 11.9 Å². The number of ketones is 1. The van der Waals surface area contributed by atoms with Crippen molar-refractivity contribution in [2.24, 2.45) is 0 Å². The minimum absolute atomic E-state index is 0.767. The van der Waals surface area contributed by atoms with Crippen molar-refractivity contribution in [1.29, 1.82) is 0 Å². The monoisotopic (exact) mass is 330 g/mol. The molecule has 0 amide bonds. The molecule has 0 aromatic heterocycles. The fourth-order valence-corrected chi connectivity index (χ4v) is 0.873. The fourth-order valence-electron chi connectivity index (χ4n) is 0.873. The molecule has 0 saturated heterocycles. The molecule has 9 N–H and O–H groups in total. The number of carbonyl (C=O) groups is 3. The maximum atomic E-state index is 10.5. The van der Waals surface area contributed by atoms with Gasteiger partial charge < -0.3 is 46.0 Å². The topological polar surface area (TPSA) is 233 Å². The highest BCUT2D eigenvalue weighted by molar-refractivity contribution is 5.84. The second-order valence-electron chi connectivity index (χ2n) is 3.88. The number of rotatable bonds is 8. The van der Waals surface area contributed by atoms with Crippen LogP contribution in [0.1, 0.15) is 0 Å². The Labute approximate surface area is 123 Å². The third kappa shape index (κ3) is 7.94. The number of aliphatic hydroxyl groups is 7. The molecule has 0 aromatic rings. The van der Waals surface area contributed by atoms with Crippen LogP contribution < -0.4 is 0 Å². The number of carboxylic acid groups (broad SMARTS) is 2. The van der Waals surface area contributed by atoms with Crippen LogP contribution in [0.2, 0.25) is 0 Å². The Morgan fingerprint density at radius 1 is 0.727 bits per heavy atom. The van der Waals surface area contributed by atoms with Crippen LogP contribution in [-0.2, 0) is 14.4 Å². The van der Waals surface area contributed by atoms with Crippen molar-refractivity contribution in [3.05, 3.63) is 0 Å². The SMILES string of the molecule is O=C(CO)[C@@H](O)[C@H](O)[C@H](O)CO.O=C(O)C(O)C(O)C(=O)O. The van der Waals surface area contributed by atoms with Gasteiger partial charge in [-0.05, 0) is 0 Å². The molecule has 0 saturated carbocycles. The first-order valence-electron chi connectivity index (χ1n) is 5.61. The molecule has 0 radical (unpaired) electrons. The Balaban J connectivity index is 0. The van der Waals surface area contributed by atoms with E-state index < -0.39 is 61.5 Å². The Hall–Kier alpha value is -1.67. The molecular formula is C10H18O12. The second kappa shape index (κ2) is 11.0. The summed E-state index contributed by atoms with van der Waals surface area (Å²) in [5, 5.41) is 75.6. The number of carboxylic acids is 2. The average Bonchev–Trinajstić information content (AvgIpc) is 2.50. The van der Waals surface area contributed by atoms with Gasteiger partial charge in [-0.3, -0.25) is 4.79 Å². The lowest BCUT2D eigenvalue weighted by Crippen LogP contribution is -2.44. The van der Waals surface area contributed by atoms with Crippen molar-refractivity contribution in [1.82, 2.24) is 0 Å². The lowest BCUT2D eigenvalue weighted by molar-refractivity contribution is -0.165. The summed E-state index contributed by atoms with van der Waals surface area (Å²) in [5.74, 6) is -4.54. The van der Waals surface area contributed by atoms with E-state index in [1.165, 1.54) is 0 Å². The van der Waals surface area contributed by atoms with Gasteiger partial charge in [0, 0.05) is 0 Å². The van der Waals surface area contributed by atoms with Gasteiger partial charge in [-0.25, -0.2) is 9.59 Å². The number of hydrogen-bond donors (Lipinski definition) is 9. The zero-order valence-electron chi connectivity index (χ0n) is 11.1. The molecule has 12 nitrogen and oxygen atoms in total. The minimum Gasteiger partial charge on any atom is -0.479 e. The van der Waals surface area contributed by atoms with Crippen molar-refractivity contribution in [3.8, 4) is 0 Å². The first kappa shape index (κ1) is 22.6. The number of Topliss-reactive ketones (excluding diaryl/α,β-unsaturated/α-hetero) is 1. The van der Waals surface area contributed by atoms with E-state index in [9.17, 15) is 14.4 Å². The zero-order valence-corrected chi connectivity index (χ0v) is 11.1. The fraction of sp³-hybridized carbons (Fsp3) is 0.700. The number of aliphatic hydroxyl groups excluding tert-OH is 7. The molecule has 0 rings (SSSR count). The smallest absolute Gasteiger partial charge is 0.335 e. The molecule has 0 spiro atoms. The lowest BCUT2D eigenvalue weighted by Gasteiger charge is -2.19. The molecule has 0 aliphatic rings. The maximum Gasteiger partial charge on any atom is 0.335 e. The van der Waals surface area contributed by atoms with Gasteiger partial charge in [0.15, 0.2) is 18.0 Å². The maximum absolute atomic E-state index is 10.5. The van der Waals surface area contributed by atoms with E-state index in [0.29, 0.717) is 0 Å². The van der Waals surface area contributed by atoms with Gasteiger partial charge in [0.25, 0.3) is 0 Å². The van der Waals surface area contributed by atoms with Gasteiger partial charge in [0.1, 0.15) is 24.9 Å². The number of hydrogen-bond acceptors (Lipinski definition) is 10. The van der Waals surface area contributed by atoms with Gasteiger partial charge in [-0.15, -0.1) is 0 Å². The molecule has 130 valence electrons. The van der Waals surface area contributed by atoms with E-state index in [1.54, 1.807) is 0 Å². The molecule has 12 heteroatoms. The molecular weight excluding hydrogens is 312 g/mol. The molecule has 2 unspecified atom stereocenters. The van der Waals surface area contributed by atoms with Gasteiger partial charge in [0.2, 0.25) is 0 Å². The summed E-state index contributed by atoms with van der Waals surface area (Å²) >= 11 is 0. The van der Waals surface area contributed by atoms with Crippen LogP contribution in [0.3, 0.4) is 0 Å². The van der Waals surface area contributed by atoms with E-state index in [1.807, 2.05) is 0 Å². The van der Waals surface area contributed by atoms with E-state index in [4.69, 9.17) is 46.0 Å². The van der Waals surface area contributed by atoms with Crippen molar-refractivity contribution in [2.45, 2.75) is 30.5 Å². The molecule has 0 aliphatic carbocycles. The second-order valence-corrected chi connectivity index (χ2v) is 3.88. The molecule has 0 bridgehead atoms. The van der Waals surface area contributed by atoms with Crippen molar-refractivity contribution in [3.63, 3.8) is 0 Å². The summed E-state index contributed by atoms with van der Waals surface area (Å²) in [4.78, 5) is 30.1. The standard InChI is InChI=1S/C6H12O6.C4H6O6/c7-1-3(9)5(11)6(12)4(10)2-8;5-1(3(7)8)2(6)4(9)10/h3,5-9,11-12H,1-2H2;1-2,5-6H,(H,7,8)(H,9,10)/t3-,5-,6-;/m1./s1. The van der Waals surface area contributed by atoms with Crippen LogP contribution in [0.5, 0.6) is 0 Å². The molecule has 0 aromatic carbocycles. The average molecular weight is 330 g/mol. The number of carbonyl (C=O) groups excluding carboxylic acids is 1. The summed E-state index contributed by atoms with van der Waals surface area (Å²) in [6.45, 7) is -1.69. The Bertz CT molecular complexity index is 351. The third-order valence-corrected chi connectivity index (χ3v) is 2.20. The summed E-state index contributed by atoms with van der Waals surface area (Å²) < 4.78 is 0. The van der Waals surface area contributed by atoms with Crippen LogP contribution in [0.4, 0.5) is 0 Å². The molecule has 5 atom stereocenters. The van der Waals surface area contributed by atoms with Crippen molar-refractivity contribution < 1.29 is 60.3 Å². The highest BCUT2D eigenvalue weighted by atomic mass is 16.4. The molecule has 0 aliphatic heterocycles. The van der Waals surface area contributed by atoms with Crippen molar-refractivity contribution in [2.75, 3.05) is 13.2 Å². The van der Waals surface area contributed by atoms with Crippen LogP contribution in [0.25, 0.3) is 0 Å². The van der Waals surface area contributed by atoms with Gasteiger partial charge in [-0.1, -0.05) is 0 Å². The van der Waals surface area contributed by atoms with Crippen molar-refractivity contribution >= 4 is 17.7 Å². The summed E-state index contributed by atoms with van der Waals surface area (Å²) in [6, 6.07) is 0. The van der Waals surface area contributed by atoms with Crippen LogP contribution in [0.15, 0.2) is 0 Å². The van der Waals surface area contributed by atoms with Crippen LogP contribution in [0, 0.1) is 0 Å². The quantitative estimate of drug-likeness (QED) is 0.203.